The van der Waals surface area contributed by atoms with Gasteiger partial charge in [0.2, 0.25) is 0 Å². The predicted octanol–water partition coefficient (Wildman–Crippen LogP) is 4.27. The van der Waals surface area contributed by atoms with Gasteiger partial charge in [0.1, 0.15) is 0 Å². The summed E-state index contributed by atoms with van der Waals surface area (Å²) in [5.74, 6) is 1.27. The lowest BCUT2D eigenvalue weighted by atomic mass is 9.83. The number of rotatable bonds is 3. The minimum atomic E-state index is 0.592. The third kappa shape index (κ3) is 2.37. The second-order valence-corrected chi connectivity index (χ2v) is 4.46. The Morgan fingerprint density at radius 2 is 1.79 bits per heavy atom. The van der Waals surface area contributed by atoms with Crippen LogP contribution in [0.2, 0.25) is 0 Å². The zero-order chi connectivity index (χ0) is 10.7. The fourth-order valence-electron chi connectivity index (χ4n) is 2.04. The van der Waals surface area contributed by atoms with Crippen molar-refractivity contribution < 1.29 is 0 Å². The molecule has 0 unspecified atom stereocenters. The summed E-state index contributed by atoms with van der Waals surface area (Å²) in [5, 5.41) is 0. The Kier molecular flexibility index (Phi) is 3.74. The fourth-order valence-corrected chi connectivity index (χ4v) is 2.04. The SMILES string of the molecule is C[CH][C@@H](c1cc(C)ccc1C)C(C)C. The zero-order valence-electron chi connectivity index (χ0n) is 9.96. The van der Waals surface area contributed by atoms with Crippen molar-refractivity contribution in [3.63, 3.8) is 0 Å². The van der Waals surface area contributed by atoms with E-state index >= 15 is 0 Å². The molecule has 1 atom stereocenters. The molecule has 0 heterocycles. The van der Waals surface area contributed by atoms with Gasteiger partial charge in [-0.1, -0.05) is 44.5 Å². The molecule has 0 nitrogen and oxygen atoms in total. The predicted molar refractivity (Wildman–Crippen MR) is 63.5 cm³/mol. The molecule has 1 aromatic carbocycles. The van der Waals surface area contributed by atoms with Gasteiger partial charge in [-0.3, -0.25) is 0 Å². The average Bonchev–Trinajstić information content (AvgIpc) is 2.11. The van der Waals surface area contributed by atoms with Gasteiger partial charge in [0.25, 0.3) is 0 Å². The molecule has 0 saturated carbocycles. The van der Waals surface area contributed by atoms with Gasteiger partial charge in [-0.25, -0.2) is 0 Å². The first kappa shape index (κ1) is 11.3. The first-order chi connectivity index (χ1) is 6.56. The summed E-state index contributed by atoms with van der Waals surface area (Å²) in [6.07, 6.45) is 2.31. The molecule has 0 aliphatic carbocycles. The van der Waals surface area contributed by atoms with Gasteiger partial charge in [0, 0.05) is 0 Å². The molecule has 1 rings (SSSR count). The quantitative estimate of drug-likeness (QED) is 0.666. The molecule has 0 aliphatic rings. The highest BCUT2D eigenvalue weighted by molar-refractivity contribution is 5.34. The molecule has 0 amide bonds. The van der Waals surface area contributed by atoms with Crippen LogP contribution in [-0.2, 0) is 0 Å². The van der Waals surface area contributed by atoms with Crippen molar-refractivity contribution >= 4 is 0 Å². The topological polar surface area (TPSA) is 0 Å². The van der Waals surface area contributed by atoms with Gasteiger partial charge in [-0.2, -0.15) is 0 Å². The maximum absolute atomic E-state index is 2.32. The van der Waals surface area contributed by atoms with E-state index in [1.54, 1.807) is 0 Å². The summed E-state index contributed by atoms with van der Waals surface area (Å²) in [6, 6.07) is 6.73. The van der Waals surface area contributed by atoms with Crippen molar-refractivity contribution in [3.8, 4) is 0 Å². The van der Waals surface area contributed by atoms with E-state index in [2.05, 4.69) is 59.2 Å². The summed E-state index contributed by atoms with van der Waals surface area (Å²) in [4.78, 5) is 0. The molecule has 14 heavy (non-hydrogen) atoms. The molecule has 0 spiro atoms. The van der Waals surface area contributed by atoms with E-state index in [4.69, 9.17) is 0 Å². The third-order valence-corrected chi connectivity index (χ3v) is 2.87. The Balaban J connectivity index is 3.08. The fraction of sp³-hybridized carbons (Fsp3) is 0.500. The van der Waals surface area contributed by atoms with Crippen LogP contribution in [-0.4, -0.2) is 0 Å². The summed E-state index contributed by atoms with van der Waals surface area (Å²) in [5.41, 5.74) is 4.26. The largest absolute Gasteiger partial charge is 0.0622 e. The molecule has 1 aromatic rings. The summed E-state index contributed by atoms with van der Waals surface area (Å²) in [7, 11) is 0. The van der Waals surface area contributed by atoms with Crippen LogP contribution in [0.1, 0.15) is 43.4 Å². The molecule has 0 bridgehead atoms. The maximum Gasteiger partial charge on any atom is -0.0108 e. The molecule has 0 saturated heterocycles. The highest BCUT2D eigenvalue weighted by atomic mass is 14.2. The van der Waals surface area contributed by atoms with Gasteiger partial charge in [0.15, 0.2) is 0 Å². The number of hydrogen-bond acceptors (Lipinski definition) is 0. The number of aryl methyl sites for hydroxylation is 2. The van der Waals surface area contributed by atoms with Gasteiger partial charge >= 0.3 is 0 Å². The lowest BCUT2D eigenvalue weighted by Crippen LogP contribution is -2.08. The molecular formula is C14H21. The van der Waals surface area contributed by atoms with Gasteiger partial charge in [-0.05, 0) is 43.2 Å². The minimum absolute atomic E-state index is 0.592. The molecule has 0 aliphatic heterocycles. The summed E-state index contributed by atoms with van der Waals surface area (Å²) >= 11 is 0. The minimum Gasteiger partial charge on any atom is -0.0622 e. The Morgan fingerprint density at radius 1 is 1.14 bits per heavy atom. The molecule has 1 radical (unpaired) electrons. The van der Waals surface area contributed by atoms with E-state index < -0.39 is 0 Å². The first-order valence-electron chi connectivity index (χ1n) is 5.43. The standard InChI is InChI=1S/C14H21/c1-6-13(10(2)3)14-9-11(4)7-8-12(14)5/h6-10,13H,1-5H3/t13-/m1/s1. The van der Waals surface area contributed by atoms with Crippen LogP contribution in [0.3, 0.4) is 0 Å². The molecule has 0 fully saturated rings. The van der Waals surface area contributed by atoms with Crippen LogP contribution in [0.4, 0.5) is 0 Å². The molecule has 0 N–H and O–H groups in total. The first-order valence-corrected chi connectivity index (χ1v) is 5.43. The Labute approximate surface area is 88.4 Å². The van der Waals surface area contributed by atoms with E-state index in [0.717, 1.165) is 0 Å². The second-order valence-electron chi connectivity index (χ2n) is 4.46. The van der Waals surface area contributed by atoms with Gasteiger partial charge in [-0.15, -0.1) is 0 Å². The van der Waals surface area contributed by atoms with Crippen LogP contribution in [0.15, 0.2) is 18.2 Å². The van der Waals surface area contributed by atoms with Crippen molar-refractivity contribution in [3.05, 3.63) is 41.3 Å². The van der Waals surface area contributed by atoms with Crippen LogP contribution in [0.25, 0.3) is 0 Å². The lowest BCUT2D eigenvalue weighted by Gasteiger charge is -2.21. The van der Waals surface area contributed by atoms with Crippen molar-refractivity contribution in [2.24, 2.45) is 5.92 Å². The monoisotopic (exact) mass is 189 g/mol. The van der Waals surface area contributed by atoms with Crippen molar-refractivity contribution in [1.29, 1.82) is 0 Å². The van der Waals surface area contributed by atoms with Gasteiger partial charge in [0.05, 0.1) is 0 Å². The van der Waals surface area contributed by atoms with E-state index in [9.17, 15) is 0 Å². The van der Waals surface area contributed by atoms with Gasteiger partial charge < -0.3 is 0 Å². The maximum atomic E-state index is 2.32. The van der Waals surface area contributed by atoms with Crippen molar-refractivity contribution in [2.75, 3.05) is 0 Å². The smallest absolute Gasteiger partial charge is 0.0108 e. The van der Waals surface area contributed by atoms with Crippen LogP contribution in [0.5, 0.6) is 0 Å². The second kappa shape index (κ2) is 4.63. The molecular weight excluding hydrogens is 168 g/mol. The van der Waals surface area contributed by atoms with E-state index in [-0.39, 0.29) is 0 Å². The van der Waals surface area contributed by atoms with E-state index in [1.807, 2.05) is 0 Å². The Hall–Kier alpha value is -0.780. The molecule has 77 valence electrons. The van der Waals surface area contributed by atoms with Crippen LogP contribution in [0, 0.1) is 26.2 Å². The highest BCUT2D eigenvalue weighted by Gasteiger charge is 2.15. The summed E-state index contributed by atoms with van der Waals surface area (Å²) < 4.78 is 0. The van der Waals surface area contributed by atoms with Crippen molar-refractivity contribution in [1.82, 2.24) is 0 Å². The third-order valence-electron chi connectivity index (χ3n) is 2.87. The van der Waals surface area contributed by atoms with Crippen LogP contribution < -0.4 is 0 Å². The summed E-state index contributed by atoms with van der Waals surface area (Å²) in [6.45, 7) is 11.1. The molecule has 0 heteroatoms. The Morgan fingerprint density at radius 3 is 2.29 bits per heavy atom. The van der Waals surface area contributed by atoms with Crippen molar-refractivity contribution in [2.45, 2.75) is 40.5 Å². The normalized spacial score (nSPS) is 13.3. The number of benzene rings is 1. The van der Waals surface area contributed by atoms with E-state index in [1.165, 1.54) is 16.7 Å². The zero-order valence-corrected chi connectivity index (χ0v) is 9.96. The molecule has 0 aromatic heterocycles. The number of hydrogen-bond donors (Lipinski definition) is 0. The van der Waals surface area contributed by atoms with Crippen LogP contribution >= 0.6 is 0 Å². The average molecular weight is 189 g/mol. The highest BCUT2D eigenvalue weighted by Crippen LogP contribution is 2.29. The Bertz CT molecular complexity index is 297. The lowest BCUT2D eigenvalue weighted by molar-refractivity contribution is 0.548. The van der Waals surface area contributed by atoms with E-state index in [0.29, 0.717) is 11.8 Å².